The molecular weight excluding hydrogens is 270 g/mol. The second-order valence-corrected chi connectivity index (χ2v) is 4.27. The minimum Gasteiger partial charge on any atom is -0.451 e. The van der Waals surface area contributed by atoms with E-state index in [1.54, 1.807) is 6.07 Å². The zero-order valence-electron chi connectivity index (χ0n) is 11.6. The molecule has 6 nitrogen and oxygen atoms in total. The van der Waals surface area contributed by atoms with E-state index in [2.05, 4.69) is 15.3 Å². The molecule has 1 amide bonds. The Kier molecular flexibility index (Phi) is 4.98. The smallest absolute Gasteiger partial charge is 0.359 e. The lowest BCUT2D eigenvalue weighted by Crippen LogP contribution is -2.21. The standard InChI is InChI=1S/C15H15N3O3/c1-2-11-4-3-5-12(8-11)18-14(19)10-21-15(20)13-9-16-6-7-17-13/h3-9H,2,10H2,1H3,(H,18,19). The number of anilines is 1. The van der Waals surface area contributed by atoms with Crippen molar-refractivity contribution in [2.75, 3.05) is 11.9 Å². The Morgan fingerprint density at radius 2 is 2.14 bits per heavy atom. The zero-order valence-corrected chi connectivity index (χ0v) is 11.6. The first-order valence-corrected chi connectivity index (χ1v) is 6.51. The predicted molar refractivity (Wildman–Crippen MR) is 76.8 cm³/mol. The van der Waals surface area contributed by atoms with Gasteiger partial charge in [-0.05, 0) is 24.1 Å². The summed E-state index contributed by atoms with van der Waals surface area (Å²) < 4.78 is 4.87. The quantitative estimate of drug-likeness (QED) is 0.848. The molecule has 0 aliphatic carbocycles. The highest BCUT2D eigenvalue weighted by atomic mass is 16.5. The van der Waals surface area contributed by atoms with Crippen LogP contribution in [0, 0.1) is 0 Å². The number of carbonyl (C=O) groups excluding carboxylic acids is 2. The molecule has 0 saturated carbocycles. The first kappa shape index (κ1) is 14.6. The van der Waals surface area contributed by atoms with E-state index >= 15 is 0 Å². The molecule has 108 valence electrons. The molecule has 0 atom stereocenters. The van der Waals surface area contributed by atoms with Crippen molar-refractivity contribution in [3.63, 3.8) is 0 Å². The van der Waals surface area contributed by atoms with Crippen molar-refractivity contribution in [1.82, 2.24) is 9.97 Å². The summed E-state index contributed by atoms with van der Waals surface area (Å²) in [6.45, 7) is 1.66. The van der Waals surface area contributed by atoms with Gasteiger partial charge in [0.1, 0.15) is 0 Å². The molecule has 1 aromatic heterocycles. The van der Waals surface area contributed by atoms with Crippen molar-refractivity contribution in [3.05, 3.63) is 54.1 Å². The minimum atomic E-state index is -0.680. The molecule has 0 bridgehead atoms. The van der Waals surface area contributed by atoms with E-state index in [1.165, 1.54) is 18.6 Å². The minimum absolute atomic E-state index is 0.0679. The fourth-order valence-corrected chi connectivity index (χ4v) is 1.68. The molecule has 0 aliphatic heterocycles. The second kappa shape index (κ2) is 7.14. The molecule has 6 heteroatoms. The van der Waals surface area contributed by atoms with Gasteiger partial charge < -0.3 is 10.1 Å². The van der Waals surface area contributed by atoms with Gasteiger partial charge in [-0.3, -0.25) is 9.78 Å². The SMILES string of the molecule is CCc1cccc(NC(=O)COC(=O)c2cnccn2)c1. The first-order valence-electron chi connectivity index (χ1n) is 6.51. The summed E-state index contributed by atoms with van der Waals surface area (Å²) >= 11 is 0. The number of nitrogens with zero attached hydrogens (tertiary/aromatic N) is 2. The highest BCUT2D eigenvalue weighted by Crippen LogP contribution is 2.10. The molecule has 0 saturated heterocycles. The van der Waals surface area contributed by atoms with Gasteiger partial charge in [-0.15, -0.1) is 0 Å². The van der Waals surface area contributed by atoms with Crippen LogP contribution >= 0.6 is 0 Å². The Balaban J connectivity index is 1.86. The Bertz CT molecular complexity index is 629. The van der Waals surface area contributed by atoms with Gasteiger partial charge in [0, 0.05) is 18.1 Å². The van der Waals surface area contributed by atoms with E-state index in [0.717, 1.165) is 12.0 Å². The lowest BCUT2D eigenvalue weighted by Gasteiger charge is -2.07. The third-order valence-corrected chi connectivity index (χ3v) is 2.73. The number of aromatic nitrogens is 2. The van der Waals surface area contributed by atoms with Crippen molar-refractivity contribution in [3.8, 4) is 0 Å². The van der Waals surface area contributed by atoms with Crippen LogP contribution in [0.15, 0.2) is 42.9 Å². The summed E-state index contributed by atoms with van der Waals surface area (Å²) in [5, 5.41) is 2.67. The topological polar surface area (TPSA) is 81.2 Å². The largest absolute Gasteiger partial charge is 0.451 e. The normalized spacial score (nSPS) is 9.95. The van der Waals surface area contributed by atoms with E-state index < -0.39 is 11.9 Å². The number of ether oxygens (including phenoxy) is 1. The number of rotatable bonds is 5. The molecule has 1 heterocycles. The molecule has 21 heavy (non-hydrogen) atoms. The molecule has 1 aromatic carbocycles. The number of carbonyl (C=O) groups is 2. The summed E-state index contributed by atoms with van der Waals surface area (Å²) in [5.41, 5.74) is 1.86. The van der Waals surface area contributed by atoms with Gasteiger partial charge in [0.25, 0.3) is 5.91 Å². The number of hydrogen-bond acceptors (Lipinski definition) is 5. The summed E-state index contributed by atoms with van der Waals surface area (Å²) in [5.74, 6) is -1.08. The second-order valence-electron chi connectivity index (χ2n) is 4.27. The van der Waals surface area contributed by atoms with Crippen LogP contribution in [0.1, 0.15) is 23.0 Å². The maximum Gasteiger partial charge on any atom is 0.359 e. The van der Waals surface area contributed by atoms with E-state index in [4.69, 9.17) is 4.74 Å². The lowest BCUT2D eigenvalue weighted by molar-refractivity contribution is -0.119. The first-order chi connectivity index (χ1) is 10.2. The lowest BCUT2D eigenvalue weighted by atomic mass is 10.1. The van der Waals surface area contributed by atoms with E-state index in [9.17, 15) is 9.59 Å². The Morgan fingerprint density at radius 3 is 2.86 bits per heavy atom. The fraction of sp³-hybridized carbons (Fsp3) is 0.200. The van der Waals surface area contributed by atoms with E-state index in [-0.39, 0.29) is 12.3 Å². The van der Waals surface area contributed by atoms with Gasteiger partial charge in [0.15, 0.2) is 12.3 Å². The van der Waals surface area contributed by atoms with Crippen molar-refractivity contribution < 1.29 is 14.3 Å². The van der Waals surface area contributed by atoms with Gasteiger partial charge in [-0.1, -0.05) is 19.1 Å². The molecule has 0 radical (unpaired) electrons. The predicted octanol–water partition coefficient (Wildman–Crippen LogP) is 1.83. The third-order valence-electron chi connectivity index (χ3n) is 2.73. The molecule has 1 N–H and O–H groups in total. The maximum atomic E-state index is 11.7. The Hall–Kier alpha value is -2.76. The van der Waals surface area contributed by atoms with Crippen LogP contribution < -0.4 is 5.32 Å². The van der Waals surface area contributed by atoms with Crippen LogP contribution in [-0.4, -0.2) is 28.5 Å². The molecule has 2 aromatic rings. The van der Waals surface area contributed by atoms with E-state index in [0.29, 0.717) is 5.69 Å². The van der Waals surface area contributed by atoms with Gasteiger partial charge in [-0.25, -0.2) is 9.78 Å². The zero-order chi connectivity index (χ0) is 15.1. The number of amides is 1. The molecule has 0 spiro atoms. The summed E-state index contributed by atoms with van der Waals surface area (Å²) in [4.78, 5) is 30.9. The third kappa shape index (κ3) is 4.38. The molecule has 0 unspecified atom stereocenters. The Morgan fingerprint density at radius 1 is 1.29 bits per heavy atom. The number of nitrogens with one attached hydrogen (secondary N) is 1. The van der Waals surface area contributed by atoms with Gasteiger partial charge >= 0.3 is 5.97 Å². The van der Waals surface area contributed by atoms with Crippen LogP contribution in [-0.2, 0) is 16.0 Å². The molecular formula is C15H15N3O3. The van der Waals surface area contributed by atoms with Crippen LogP contribution in [0.25, 0.3) is 0 Å². The van der Waals surface area contributed by atoms with Crippen LogP contribution in [0.5, 0.6) is 0 Å². The maximum absolute atomic E-state index is 11.7. The van der Waals surface area contributed by atoms with Crippen molar-refractivity contribution in [2.24, 2.45) is 0 Å². The molecule has 0 aliphatic rings. The van der Waals surface area contributed by atoms with Crippen molar-refractivity contribution >= 4 is 17.6 Å². The Labute approximate surface area is 122 Å². The molecule has 0 fully saturated rings. The van der Waals surface area contributed by atoms with Crippen molar-refractivity contribution in [1.29, 1.82) is 0 Å². The number of hydrogen-bond donors (Lipinski definition) is 1. The van der Waals surface area contributed by atoms with Crippen LogP contribution in [0.2, 0.25) is 0 Å². The number of esters is 1. The van der Waals surface area contributed by atoms with Gasteiger partial charge in [0.05, 0.1) is 6.20 Å². The van der Waals surface area contributed by atoms with Gasteiger partial charge in [0.2, 0.25) is 0 Å². The van der Waals surface area contributed by atoms with Gasteiger partial charge in [-0.2, -0.15) is 0 Å². The monoisotopic (exact) mass is 285 g/mol. The average molecular weight is 285 g/mol. The summed E-state index contributed by atoms with van der Waals surface area (Å²) in [6.07, 6.45) is 4.99. The summed E-state index contributed by atoms with van der Waals surface area (Å²) in [6, 6.07) is 7.49. The summed E-state index contributed by atoms with van der Waals surface area (Å²) in [7, 11) is 0. The van der Waals surface area contributed by atoms with Crippen LogP contribution in [0.3, 0.4) is 0 Å². The van der Waals surface area contributed by atoms with E-state index in [1.807, 2.05) is 25.1 Å². The average Bonchev–Trinajstić information content (AvgIpc) is 2.53. The number of aryl methyl sites for hydroxylation is 1. The number of benzene rings is 1. The van der Waals surface area contributed by atoms with Crippen molar-refractivity contribution in [2.45, 2.75) is 13.3 Å². The highest BCUT2D eigenvalue weighted by molar-refractivity contribution is 5.94. The fourth-order valence-electron chi connectivity index (χ4n) is 1.68. The highest BCUT2D eigenvalue weighted by Gasteiger charge is 2.11. The molecule has 2 rings (SSSR count). The van der Waals surface area contributed by atoms with Crippen LogP contribution in [0.4, 0.5) is 5.69 Å².